The number of hydrogen-bond acceptors (Lipinski definition) is 3. The number of rotatable bonds is 4. The van der Waals surface area contributed by atoms with Crippen LogP contribution in [-0.2, 0) is 4.65 Å². The van der Waals surface area contributed by atoms with Gasteiger partial charge in [0.05, 0.1) is 11.2 Å². The molecule has 27 heavy (non-hydrogen) atoms. The topological polar surface area (TPSA) is 29.5 Å². The molecule has 0 saturated carbocycles. The molecule has 0 fully saturated rings. The first kappa shape index (κ1) is 18.8. The van der Waals surface area contributed by atoms with Crippen molar-refractivity contribution in [3.8, 4) is 0 Å². The average Bonchev–Trinajstić information content (AvgIpc) is 2.99. The normalized spacial score (nSPS) is 13.0. The van der Waals surface area contributed by atoms with Crippen molar-refractivity contribution in [3.63, 3.8) is 0 Å². The molecule has 0 spiro atoms. The molecule has 0 atom stereocenters. The van der Waals surface area contributed by atoms with E-state index in [0.717, 1.165) is 10.2 Å². The van der Waals surface area contributed by atoms with Crippen LogP contribution in [0.3, 0.4) is 0 Å². The molecule has 2 nitrogen and oxygen atoms in total. The fourth-order valence-electron chi connectivity index (χ4n) is 3.02. The Morgan fingerprint density at radius 1 is 0.889 bits per heavy atom. The Morgan fingerprint density at radius 3 is 2.30 bits per heavy atom. The Hall–Kier alpha value is -1.59. The van der Waals surface area contributed by atoms with Crippen LogP contribution in [0.15, 0.2) is 48.5 Å². The monoisotopic (exact) mass is 395 g/mol. The predicted octanol–water partition coefficient (Wildman–Crippen LogP) is 5.67. The molecular weight excluding hydrogens is 375 g/mol. The minimum absolute atomic E-state index is 0.643. The molecule has 4 rings (SSSR count). The van der Waals surface area contributed by atoms with E-state index < -0.39 is 11.2 Å². The SMILES string of the molecule is CC(C)(O)C(C)(C)O[B]c1c(Cl)ccc2c1sc1c3ccccc3ccc21. The Morgan fingerprint density at radius 2 is 1.56 bits per heavy atom. The number of benzene rings is 3. The van der Waals surface area contributed by atoms with Crippen LogP contribution in [0.1, 0.15) is 27.7 Å². The lowest BCUT2D eigenvalue weighted by molar-refractivity contribution is -0.0893. The van der Waals surface area contributed by atoms with Crippen LogP contribution in [0.4, 0.5) is 0 Å². The number of aliphatic hydroxyl groups is 1. The molecule has 1 heterocycles. The molecular formula is C22H21BClO2S. The fraction of sp³-hybridized carbons (Fsp3) is 0.273. The Bertz CT molecular complexity index is 1160. The summed E-state index contributed by atoms with van der Waals surface area (Å²) >= 11 is 8.26. The maximum Gasteiger partial charge on any atom is 0.333 e. The molecule has 4 aromatic rings. The molecule has 1 N–H and O–H groups in total. The second-order valence-electron chi connectivity index (χ2n) is 7.91. The van der Waals surface area contributed by atoms with Gasteiger partial charge in [-0.2, -0.15) is 0 Å². The third kappa shape index (κ3) is 3.15. The fourth-order valence-corrected chi connectivity index (χ4v) is 4.63. The smallest absolute Gasteiger partial charge is 0.333 e. The lowest BCUT2D eigenvalue weighted by Crippen LogP contribution is -2.49. The largest absolute Gasteiger partial charge is 0.427 e. The zero-order valence-corrected chi connectivity index (χ0v) is 17.4. The molecule has 137 valence electrons. The van der Waals surface area contributed by atoms with Gasteiger partial charge >= 0.3 is 7.48 Å². The van der Waals surface area contributed by atoms with E-state index in [9.17, 15) is 5.11 Å². The van der Waals surface area contributed by atoms with E-state index in [4.69, 9.17) is 16.3 Å². The van der Waals surface area contributed by atoms with Gasteiger partial charge in [0.2, 0.25) is 0 Å². The summed E-state index contributed by atoms with van der Waals surface area (Å²) in [5, 5.41) is 15.9. The third-order valence-electron chi connectivity index (χ3n) is 5.46. The van der Waals surface area contributed by atoms with Gasteiger partial charge in [-0.15, -0.1) is 11.3 Å². The summed E-state index contributed by atoms with van der Waals surface area (Å²) in [5.74, 6) is 0. The highest BCUT2D eigenvalue weighted by Gasteiger charge is 2.36. The van der Waals surface area contributed by atoms with Gasteiger partial charge in [0.1, 0.15) is 0 Å². The zero-order valence-electron chi connectivity index (χ0n) is 15.8. The number of thiophene rings is 1. The van der Waals surface area contributed by atoms with E-state index in [1.807, 2.05) is 19.9 Å². The first-order valence-corrected chi connectivity index (χ1v) is 10.1. The van der Waals surface area contributed by atoms with Crippen molar-refractivity contribution in [3.05, 3.63) is 53.6 Å². The highest BCUT2D eigenvalue weighted by molar-refractivity contribution is 7.27. The Balaban J connectivity index is 1.88. The van der Waals surface area contributed by atoms with E-state index in [1.54, 1.807) is 32.7 Å². The van der Waals surface area contributed by atoms with E-state index in [-0.39, 0.29) is 0 Å². The van der Waals surface area contributed by atoms with Crippen LogP contribution in [0.5, 0.6) is 0 Å². The Labute approximate surface area is 169 Å². The Kier molecular flexibility index (Phi) is 4.51. The van der Waals surface area contributed by atoms with E-state index in [2.05, 4.69) is 42.5 Å². The van der Waals surface area contributed by atoms with Gasteiger partial charge in [-0.1, -0.05) is 54.1 Å². The molecule has 0 aliphatic carbocycles. The van der Waals surface area contributed by atoms with Crippen LogP contribution in [0, 0.1) is 0 Å². The summed E-state index contributed by atoms with van der Waals surface area (Å²) in [6.07, 6.45) is 0. The molecule has 1 aromatic heterocycles. The van der Waals surface area contributed by atoms with Crippen molar-refractivity contribution < 1.29 is 9.76 Å². The molecule has 1 radical (unpaired) electrons. The second kappa shape index (κ2) is 6.49. The van der Waals surface area contributed by atoms with Gasteiger partial charge < -0.3 is 9.76 Å². The van der Waals surface area contributed by atoms with Crippen molar-refractivity contribution in [2.24, 2.45) is 0 Å². The summed E-state index contributed by atoms with van der Waals surface area (Å²) in [5.41, 5.74) is -0.876. The van der Waals surface area contributed by atoms with Gasteiger partial charge in [-0.25, -0.2) is 0 Å². The minimum atomic E-state index is -0.986. The molecule has 3 aromatic carbocycles. The average molecular weight is 396 g/mol. The van der Waals surface area contributed by atoms with Crippen LogP contribution in [0.2, 0.25) is 5.02 Å². The van der Waals surface area contributed by atoms with E-state index in [0.29, 0.717) is 5.02 Å². The highest BCUT2D eigenvalue weighted by Crippen LogP contribution is 2.38. The van der Waals surface area contributed by atoms with Gasteiger partial charge in [0.15, 0.2) is 0 Å². The molecule has 0 bridgehead atoms. The first-order chi connectivity index (χ1) is 12.7. The van der Waals surface area contributed by atoms with Crippen molar-refractivity contribution in [1.82, 2.24) is 0 Å². The van der Waals surface area contributed by atoms with Crippen LogP contribution >= 0.6 is 22.9 Å². The predicted molar refractivity (Wildman–Crippen MR) is 119 cm³/mol. The van der Waals surface area contributed by atoms with Crippen molar-refractivity contribution in [2.75, 3.05) is 0 Å². The first-order valence-electron chi connectivity index (χ1n) is 8.95. The standard InChI is InChI=1S/C22H21BClO2S/c1-21(2,25)22(3,4)26-23-18-17(24)12-11-16-15-10-9-13-7-5-6-8-14(13)19(15)27-20(16)18/h5-12,25H,1-4H3. The number of fused-ring (bicyclic) bond motifs is 5. The lowest BCUT2D eigenvalue weighted by atomic mass is 9.82. The van der Waals surface area contributed by atoms with E-state index >= 15 is 0 Å². The molecule has 0 saturated heterocycles. The van der Waals surface area contributed by atoms with Gasteiger partial charge in [-0.05, 0) is 55.4 Å². The van der Waals surface area contributed by atoms with E-state index in [1.165, 1.54) is 26.2 Å². The molecule has 0 amide bonds. The second-order valence-corrected chi connectivity index (χ2v) is 9.34. The summed E-state index contributed by atoms with van der Waals surface area (Å²) in [7, 11) is 1.69. The summed E-state index contributed by atoms with van der Waals surface area (Å²) in [6, 6.07) is 16.7. The molecule has 0 unspecified atom stereocenters. The maximum atomic E-state index is 10.4. The maximum absolute atomic E-state index is 10.4. The molecule has 0 aliphatic rings. The quantitative estimate of drug-likeness (QED) is 0.451. The van der Waals surface area contributed by atoms with Crippen molar-refractivity contribution >= 4 is 66.8 Å². The highest BCUT2D eigenvalue weighted by atomic mass is 35.5. The summed E-state index contributed by atoms with van der Waals surface area (Å²) in [6.45, 7) is 7.23. The van der Waals surface area contributed by atoms with Crippen LogP contribution < -0.4 is 5.46 Å². The lowest BCUT2D eigenvalue weighted by Gasteiger charge is -2.37. The van der Waals surface area contributed by atoms with Crippen LogP contribution in [-0.4, -0.2) is 23.8 Å². The van der Waals surface area contributed by atoms with Gasteiger partial charge in [0.25, 0.3) is 0 Å². The zero-order chi connectivity index (χ0) is 19.4. The summed E-state index contributed by atoms with van der Waals surface area (Å²) < 4.78 is 8.35. The number of hydrogen-bond donors (Lipinski definition) is 1. The molecule has 0 aliphatic heterocycles. The van der Waals surface area contributed by atoms with Crippen molar-refractivity contribution in [2.45, 2.75) is 38.9 Å². The molecule has 5 heteroatoms. The minimum Gasteiger partial charge on any atom is -0.427 e. The van der Waals surface area contributed by atoms with Crippen molar-refractivity contribution in [1.29, 1.82) is 0 Å². The summed E-state index contributed by atoms with van der Waals surface area (Å²) in [4.78, 5) is 0. The van der Waals surface area contributed by atoms with Gasteiger partial charge in [0, 0.05) is 19.8 Å². The van der Waals surface area contributed by atoms with Gasteiger partial charge in [-0.3, -0.25) is 0 Å². The van der Waals surface area contributed by atoms with Crippen LogP contribution in [0.25, 0.3) is 30.9 Å². The third-order valence-corrected chi connectivity index (χ3v) is 7.08. The number of halogens is 1.